The number of hydrogen-bond acceptors (Lipinski definition) is 4. The van der Waals surface area contributed by atoms with Crippen molar-refractivity contribution in [2.75, 3.05) is 13.6 Å². The molecule has 0 bridgehead atoms. The molecular weight excluding hydrogens is 284 g/mol. The number of halogens is 2. The molecule has 0 aliphatic carbocycles. The molecule has 0 radical (unpaired) electrons. The molecule has 1 aromatic rings. The summed E-state index contributed by atoms with van der Waals surface area (Å²) < 4.78 is 49.0. The molecule has 0 aliphatic heterocycles. The first-order valence-electron chi connectivity index (χ1n) is 4.76. The van der Waals surface area contributed by atoms with Crippen molar-refractivity contribution >= 4 is 27.2 Å². The fraction of sp³-hybridized carbons (Fsp3) is 0.333. The Morgan fingerprint density at radius 1 is 1.61 bits per heavy atom. The van der Waals surface area contributed by atoms with E-state index in [2.05, 4.69) is 17.2 Å². The van der Waals surface area contributed by atoms with E-state index >= 15 is 0 Å². The number of nitrogens with zero attached hydrogens (tertiary/aromatic N) is 2. The molecule has 1 aromatic heterocycles. The lowest BCUT2D eigenvalue weighted by molar-refractivity contribution is 0.126. The highest BCUT2D eigenvalue weighted by Crippen LogP contribution is 2.18. The first-order valence-corrected chi connectivity index (χ1v) is 6.61. The molecule has 1 rings (SSSR count). The van der Waals surface area contributed by atoms with Crippen LogP contribution in [0, 0.1) is 0 Å². The summed E-state index contributed by atoms with van der Waals surface area (Å²) in [7, 11) is -3.03. The molecule has 100 valence electrons. The van der Waals surface area contributed by atoms with Crippen LogP contribution in [0.1, 0.15) is 5.69 Å². The van der Waals surface area contributed by atoms with Gasteiger partial charge in [0.25, 0.3) is 6.43 Å². The van der Waals surface area contributed by atoms with Gasteiger partial charge in [0.05, 0.1) is 6.54 Å². The number of pyridine rings is 1. The van der Waals surface area contributed by atoms with Crippen LogP contribution in [0.5, 0.6) is 0 Å². The van der Waals surface area contributed by atoms with Gasteiger partial charge in [-0.1, -0.05) is 12.2 Å². The van der Waals surface area contributed by atoms with Crippen molar-refractivity contribution in [2.24, 2.45) is 5.73 Å². The lowest BCUT2D eigenvalue weighted by Gasteiger charge is -2.17. The minimum atomic E-state index is -4.09. The first kappa shape index (κ1) is 14.9. The monoisotopic (exact) mass is 295 g/mol. The van der Waals surface area contributed by atoms with Gasteiger partial charge in [0.1, 0.15) is 15.6 Å². The molecular formula is C9H11F2N3O2S2. The van der Waals surface area contributed by atoms with Gasteiger partial charge in [0.2, 0.25) is 10.0 Å². The number of rotatable bonds is 5. The van der Waals surface area contributed by atoms with E-state index in [1.165, 1.54) is 18.3 Å². The molecule has 0 saturated heterocycles. The molecule has 0 spiro atoms. The van der Waals surface area contributed by atoms with Gasteiger partial charge in [0, 0.05) is 13.2 Å². The van der Waals surface area contributed by atoms with Crippen LogP contribution >= 0.6 is 12.2 Å². The van der Waals surface area contributed by atoms with Gasteiger partial charge in [-0.05, 0) is 12.1 Å². The Labute approximate surface area is 109 Å². The van der Waals surface area contributed by atoms with Crippen LogP contribution in [-0.2, 0) is 10.0 Å². The maximum absolute atomic E-state index is 12.2. The predicted molar refractivity (Wildman–Crippen MR) is 65.9 cm³/mol. The van der Waals surface area contributed by atoms with Gasteiger partial charge >= 0.3 is 0 Å². The Kier molecular flexibility index (Phi) is 4.65. The van der Waals surface area contributed by atoms with Crippen LogP contribution in [0.2, 0.25) is 0 Å². The largest absolute Gasteiger partial charge is 0.388 e. The highest BCUT2D eigenvalue weighted by atomic mass is 32.2. The summed E-state index contributed by atoms with van der Waals surface area (Å²) in [6.07, 6.45) is -1.45. The van der Waals surface area contributed by atoms with Gasteiger partial charge in [-0.2, -0.15) is 4.31 Å². The van der Waals surface area contributed by atoms with Crippen molar-refractivity contribution in [3.05, 3.63) is 24.0 Å². The third-order valence-electron chi connectivity index (χ3n) is 2.09. The quantitative estimate of drug-likeness (QED) is 0.805. The summed E-state index contributed by atoms with van der Waals surface area (Å²) in [4.78, 5) is 3.26. The number of hydrogen-bond donors (Lipinski definition) is 1. The van der Waals surface area contributed by atoms with Crippen LogP contribution in [-0.4, -0.2) is 42.7 Å². The fourth-order valence-electron chi connectivity index (χ4n) is 1.24. The molecule has 9 heteroatoms. The Hall–Kier alpha value is -1.19. The van der Waals surface area contributed by atoms with E-state index < -0.39 is 23.0 Å². The van der Waals surface area contributed by atoms with E-state index in [1.54, 1.807) is 0 Å². The normalized spacial score (nSPS) is 12.1. The van der Waals surface area contributed by atoms with Crippen molar-refractivity contribution in [3.63, 3.8) is 0 Å². The van der Waals surface area contributed by atoms with E-state index in [-0.39, 0.29) is 15.6 Å². The van der Waals surface area contributed by atoms with E-state index in [0.717, 1.165) is 7.05 Å². The Bertz CT molecular complexity index is 548. The molecule has 1 heterocycles. The van der Waals surface area contributed by atoms with Crippen molar-refractivity contribution < 1.29 is 17.2 Å². The van der Waals surface area contributed by atoms with Crippen LogP contribution in [0.15, 0.2) is 23.2 Å². The molecule has 0 unspecified atom stereocenters. The maximum Gasteiger partial charge on any atom is 0.252 e. The van der Waals surface area contributed by atoms with Gasteiger partial charge in [-0.3, -0.25) is 4.98 Å². The zero-order valence-electron chi connectivity index (χ0n) is 9.38. The molecule has 5 nitrogen and oxygen atoms in total. The van der Waals surface area contributed by atoms with E-state index in [9.17, 15) is 17.2 Å². The fourth-order valence-corrected chi connectivity index (χ4v) is 2.77. The predicted octanol–water partition coefficient (Wildman–Crippen LogP) is 0.601. The maximum atomic E-state index is 12.2. The summed E-state index contributed by atoms with van der Waals surface area (Å²) in [6.45, 7) is -0.909. The van der Waals surface area contributed by atoms with Crippen LogP contribution in [0.3, 0.4) is 0 Å². The molecule has 0 amide bonds. The topological polar surface area (TPSA) is 76.3 Å². The minimum Gasteiger partial charge on any atom is -0.388 e. The van der Waals surface area contributed by atoms with E-state index in [4.69, 9.17) is 5.73 Å². The molecule has 0 atom stereocenters. The standard InChI is InChI=1S/C9H11F2N3O2S2/c1-14(5-7(10)11)18(15,16)6-3-2-4-13-8(6)9(12)17/h2-4,7H,5H2,1H3,(H2,12,17). The first-order chi connectivity index (χ1) is 8.26. The Morgan fingerprint density at radius 3 is 2.72 bits per heavy atom. The van der Waals surface area contributed by atoms with Gasteiger partial charge in [0.15, 0.2) is 0 Å². The van der Waals surface area contributed by atoms with Crippen molar-refractivity contribution in [2.45, 2.75) is 11.3 Å². The SMILES string of the molecule is CN(CC(F)F)S(=O)(=O)c1cccnc1C(N)=S. The summed E-state index contributed by atoms with van der Waals surface area (Å²) in [6, 6.07) is 2.59. The highest BCUT2D eigenvalue weighted by molar-refractivity contribution is 7.89. The number of sulfonamides is 1. The number of nitrogens with two attached hydrogens (primary N) is 1. The summed E-state index contributed by atoms with van der Waals surface area (Å²) in [5.74, 6) is 0. The second-order valence-corrected chi connectivity index (χ2v) is 5.84. The van der Waals surface area contributed by atoms with Crippen molar-refractivity contribution in [1.29, 1.82) is 0 Å². The average molecular weight is 295 g/mol. The lowest BCUT2D eigenvalue weighted by Crippen LogP contribution is -2.33. The summed E-state index contributed by atoms with van der Waals surface area (Å²) in [5, 5.41) is 0. The molecule has 0 aliphatic rings. The minimum absolute atomic E-state index is 0.103. The zero-order chi connectivity index (χ0) is 13.9. The average Bonchev–Trinajstić information content (AvgIpc) is 2.28. The zero-order valence-corrected chi connectivity index (χ0v) is 11.0. The van der Waals surface area contributed by atoms with E-state index in [1.807, 2.05) is 0 Å². The Morgan fingerprint density at radius 2 is 2.22 bits per heavy atom. The Balaban J connectivity index is 3.24. The molecule has 2 N–H and O–H groups in total. The second-order valence-electron chi connectivity index (χ2n) is 3.39. The van der Waals surface area contributed by atoms with Crippen LogP contribution in [0.4, 0.5) is 8.78 Å². The smallest absolute Gasteiger partial charge is 0.252 e. The summed E-state index contributed by atoms with van der Waals surface area (Å²) >= 11 is 4.68. The number of thiocarbonyl (C=S) groups is 1. The third kappa shape index (κ3) is 3.18. The second kappa shape index (κ2) is 5.63. The van der Waals surface area contributed by atoms with Gasteiger partial charge in [-0.15, -0.1) is 0 Å². The highest BCUT2D eigenvalue weighted by Gasteiger charge is 2.27. The van der Waals surface area contributed by atoms with Crippen molar-refractivity contribution in [1.82, 2.24) is 9.29 Å². The van der Waals surface area contributed by atoms with Crippen LogP contribution in [0.25, 0.3) is 0 Å². The van der Waals surface area contributed by atoms with Gasteiger partial charge < -0.3 is 5.73 Å². The van der Waals surface area contributed by atoms with Gasteiger partial charge in [-0.25, -0.2) is 17.2 Å². The van der Waals surface area contributed by atoms with Crippen molar-refractivity contribution in [3.8, 4) is 0 Å². The van der Waals surface area contributed by atoms with E-state index in [0.29, 0.717) is 4.31 Å². The number of aromatic nitrogens is 1. The third-order valence-corrected chi connectivity index (χ3v) is 4.14. The van der Waals surface area contributed by atoms with Crippen LogP contribution < -0.4 is 5.73 Å². The molecule has 0 saturated carbocycles. The number of alkyl halides is 2. The molecule has 0 fully saturated rings. The molecule has 18 heavy (non-hydrogen) atoms. The summed E-state index contributed by atoms with van der Waals surface area (Å²) in [5.41, 5.74) is 5.25. The molecule has 0 aromatic carbocycles. The lowest BCUT2D eigenvalue weighted by atomic mass is 10.3.